The van der Waals surface area contributed by atoms with E-state index in [1.165, 1.54) is 24.3 Å². The Morgan fingerprint density at radius 1 is 0.667 bits per heavy atom. The average molecular weight is 362 g/mol. The molecule has 134 valence electrons. The molecule has 0 heterocycles. The maximum Gasteiger partial charge on any atom is 0.349 e. The lowest BCUT2D eigenvalue weighted by Gasteiger charge is -2.08. The second-order valence-electron chi connectivity index (χ2n) is 5.48. The van der Waals surface area contributed by atoms with Gasteiger partial charge in [-0.05, 0) is 36.4 Å². The van der Waals surface area contributed by atoms with Crippen molar-refractivity contribution in [3.63, 3.8) is 0 Å². The second-order valence-corrected chi connectivity index (χ2v) is 5.48. The fraction of sp³-hybridized carbons (Fsp3) is 0. The number of hydrogen-bond acceptors (Lipinski definition) is 6. The van der Waals surface area contributed by atoms with Crippen LogP contribution in [0.25, 0.3) is 0 Å². The first kappa shape index (κ1) is 17.9. The molecule has 0 unspecified atom stereocenters. The number of phenols is 1. The Bertz CT molecular complexity index is 980. The number of esters is 3. The Morgan fingerprint density at radius 3 is 1.78 bits per heavy atom. The van der Waals surface area contributed by atoms with Crippen LogP contribution in [0.2, 0.25) is 0 Å². The molecule has 27 heavy (non-hydrogen) atoms. The van der Waals surface area contributed by atoms with Crippen molar-refractivity contribution in [1.29, 1.82) is 0 Å². The topological polar surface area (TPSA) is 89.9 Å². The summed E-state index contributed by atoms with van der Waals surface area (Å²) in [5.74, 6) is -2.88. The van der Waals surface area contributed by atoms with Gasteiger partial charge in [-0.25, -0.2) is 14.4 Å². The number of ether oxygens (including phenoxy) is 2. The third-order valence-electron chi connectivity index (χ3n) is 3.60. The van der Waals surface area contributed by atoms with E-state index in [2.05, 4.69) is 0 Å². The minimum absolute atomic E-state index is 0.0484. The van der Waals surface area contributed by atoms with Gasteiger partial charge < -0.3 is 14.6 Å². The van der Waals surface area contributed by atoms with E-state index in [0.29, 0.717) is 5.56 Å². The van der Waals surface area contributed by atoms with Gasteiger partial charge in [0.05, 0.1) is 11.1 Å². The molecule has 0 aliphatic carbocycles. The highest BCUT2D eigenvalue weighted by Gasteiger charge is 2.19. The summed E-state index contributed by atoms with van der Waals surface area (Å²) in [5, 5.41) is 10.0. The van der Waals surface area contributed by atoms with Gasteiger partial charge in [0, 0.05) is 6.07 Å². The molecular weight excluding hydrogens is 348 g/mol. The predicted molar refractivity (Wildman–Crippen MR) is 95.7 cm³/mol. The van der Waals surface area contributed by atoms with Crippen molar-refractivity contribution in [3.8, 4) is 11.5 Å². The minimum atomic E-state index is -1.01. The summed E-state index contributed by atoms with van der Waals surface area (Å²) < 4.78 is 9.90. The van der Waals surface area contributed by atoms with Crippen molar-refractivity contribution >= 4 is 17.9 Å². The van der Waals surface area contributed by atoms with Gasteiger partial charge in [0.25, 0.3) is 0 Å². The number of carbonyl (C=O) groups excluding carboxylic acids is 3. The molecule has 6 nitrogen and oxygen atoms in total. The summed E-state index contributed by atoms with van der Waals surface area (Å²) in [4.78, 5) is 36.0. The average Bonchev–Trinajstić information content (AvgIpc) is 2.69. The van der Waals surface area contributed by atoms with E-state index in [0.717, 1.165) is 6.07 Å². The fourth-order valence-corrected chi connectivity index (χ4v) is 2.26. The van der Waals surface area contributed by atoms with Gasteiger partial charge in [0.1, 0.15) is 17.1 Å². The van der Waals surface area contributed by atoms with Gasteiger partial charge in [-0.3, -0.25) is 0 Å². The van der Waals surface area contributed by atoms with Crippen LogP contribution in [-0.4, -0.2) is 23.0 Å². The first-order valence-electron chi connectivity index (χ1n) is 7.96. The second kappa shape index (κ2) is 7.97. The molecule has 3 rings (SSSR count). The number of rotatable bonds is 4. The Labute approximate surface area is 154 Å². The van der Waals surface area contributed by atoms with Crippen molar-refractivity contribution in [2.45, 2.75) is 0 Å². The number of aromatic hydroxyl groups is 1. The van der Waals surface area contributed by atoms with Gasteiger partial charge in [-0.2, -0.15) is 0 Å². The third-order valence-corrected chi connectivity index (χ3v) is 3.60. The predicted octanol–water partition coefficient (Wildman–Crippen LogP) is 3.61. The molecule has 0 aliphatic rings. The largest absolute Gasteiger partial charge is 0.507 e. The summed E-state index contributed by atoms with van der Waals surface area (Å²) in [6.07, 6.45) is 0. The lowest BCUT2D eigenvalue weighted by atomic mass is 10.2. The molecule has 0 amide bonds. The number of carbonyl (C=O) groups is 3. The van der Waals surface area contributed by atoms with E-state index in [-0.39, 0.29) is 16.9 Å². The molecule has 0 atom stereocenters. The summed E-state index contributed by atoms with van der Waals surface area (Å²) >= 11 is 0. The molecule has 3 aromatic carbocycles. The van der Waals surface area contributed by atoms with E-state index >= 15 is 0 Å². The molecule has 0 saturated carbocycles. The Morgan fingerprint density at radius 2 is 1.22 bits per heavy atom. The number of hydrogen-bond donors (Lipinski definition) is 1. The lowest BCUT2D eigenvalue weighted by molar-refractivity contribution is 0.0396. The van der Waals surface area contributed by atoms with Crippen molar-refractivity contribution < 1.29 is 29.0 Å². The van der Waals surface area contributed by atoms with Gasteiger partial charge in [-0.1, -0.05) is 36.4 Å². The maximum atomic E-state index is 12.1. The van der Waals surface area contributed by atoms with Crippen LogP contribution in [0.3, 0.4) is 0 Å². The number of phenolic OH excluding ortho intramolecular Hbond substituents is 1. The highest BCUT2D eigenvalue weighted by atomic mass is 16.6. The van der Waals surface area contributed by atoms with Crippen molar-refractivity contribution in [1.82, 2.24) is 0 Å². The SMILES string of the molecule is O=C(OC(=O)c1ccc(OC(=O)c2ccccc2)cc1O)c1ccccc1. The molecule has 3 aromatic rings. The normalized spacial score (nSPS) is 10.1. The molecule has 6 heteroatoms. The van der Waals surface area contributed by atoms with Crippen molar-refractivity contribution in [2.24, 2.45) is 0 Å². The Hall–Kier alpha value is -3.93. The van der Waals surface area contributed by atoms with Crippen molar-refractivity contribution in [2.75, 3.05) is 0 Å². The summed E-state index contributed by atoms with van der Waals surface area (Å²) in [6, 6.07) is 19.9. The van der Waals surface area contributed by atoms with Gasteiger partial charge in [0.2, 0.25) is 0 Å². The van der Waals surface area contributed by atoms with E-state index in [4.69, 9.17) is 9.47 Å². The lowest BCUT2D eigenvalue weighted by Crippen LogP contribution is -2.13. The zero-order chi connectivity index (χ0) is 19.2. The molecule has 0 bridgehead atoms. The molecule has 1 N–H and O–H groups in total. The monoisotopic (exact) mass is 362 g/mol. The maximum absolute atomic E-state index is 12.1. The molecule has 0 saturated heterocycles. The fourth-order valence-electron chi connectivity index (χ4n) is 2.26. The van der Waals surface area contributed by atoms with Crippen LogP contribution in [0.15, 0.2) is 78.9 Å². The van der Waals surface area contributed by atoms with E-state index in [9.17, 15) is 19.5 Å². The minimum Gasteiger partial charge on any atom is -0.507 e. The van der Waals surface area contributed by atoms with Crippen LogP contribution in [-0.2, 0) is 4.74 Å². The van der Waals surface area contributed by atoms with Crippen molar-refractivity contribution in [3.05, 3.63) is 95.6 Å². The molecule has 0 radical (unpaired) electrons. The first-order chi connectivity index (χ1) is 13.0. The smallest absolute Gasteiger partial charge is 0.349 e. The summed E-state index contributed by atoms with van der Waals surface area (Å²) in [6.45, 7) is 0. The summed E-state index contributed by atoms with van der Waals surface area (Å²) in [7, 11) is 0. The molecule has 0 spiro atoms. The van der Waals surface area contributed by atoms with Crippen LogP contribution in [0.1, 0.15) is 31.1 Å². The number of benzene rings is 3. The zero-order valence-electron chi connectivity index (χ0n) is 14.0. The standard InChI is InChI=1S/C21H14O6/c22-18-13-16(26-19(23)14-7-3-1-4-8-14)11-12-17(18)21(25)27-20(24)15-9-5-2-6-10-15/h1-13,22H. The zero-order valence-corrected chi connectivity index (χ0v) is 14.0. The quantitative estimate of drug-likeness (QED) is 0.433. The van der Waals surface area contributed by atoms with E-state index < -0.39 is 23.7 Å². The van der Waals surface area contributed by atoms with Crippen LogP contribution >= 0.6 is 0 Å². The van der Waals surface area contributed by atoms with Crippen LogP contribution in [0.4, 0.5) is 0 Å². The van der Waals surface area contributed by atoms with E-state index in [1.807, 2.05) is 0 Å². The highest BCUT2D eigenvalue weighted by Crippen LogP contribution is 2.25. The van der Waals surface area contributed by atoms with Gasteiger partial charge in [0.15, 0.2) is 0 Å². The molecule has 0 fully saturated rings. The van der Waals surface area contributed by atoms with Crippen LogP contribution in [0, 0.1) is 0 Å². The third kappa shape index (κ3) is 4.38. The van der Waals surface area contributed by atoms with E-state index in [1.54, 1.807) is 48.5 Å². The summed E-state index contributed by atoms with van der Waals surface area (Å²) in [5.41, 5.74) is 0.325. The molecular formula is C21H14O6. The highest BCUT2D eigenvalue weighted by molar-refractivity contribution is 6.03. The first-order valence-corrected chi connectivity index (χ1v) is 7.96. The van der Waals surface area contributed by atoms with Crippen LogP contribution in [0.5, 0.6) is 11.5 Å². The Kier molecular flexibility index (Phi) is 5.28. The van der Waals surface area contributed by atoms with Gasteiger partial charge in [-0.15, -0.1) is 0 Å². The molecule has 0 aliphatic heterocycles. The molecule has 0 aromatic heterocycles. The Balaban J connectivity index is 1.70. The van der Waals surface area contributed by atoms with Gasteiger partial charge >= 0.3 is 17.9 Å². The van der Waals surface area contributed by atoms with Crippen LogP contribution < -0.4 is 4.74 Å².